The number of rotatable bonds is 11. The zero-order valence-corrected chi connectivity index (χ0v) is 13.4. The molecule has 1 rings (SSSR count). The normalized spacial score (nSPS) is 18.6. The highest BCUT2D eigenvalue weighted by atomic mass is 15.4. The molecule has 2 heteroatoms. The van der Waals surface area contributed by atoms with E-state index in [0.29, 0.717) is 6.17 Å². The molecule has 0 saturated carbocycles. The van der Waals surface area contributed by atoms with Gasteiger partial charge in [-0.15, -0.1) is 0 Å². The van der Waals surface area contributed by atoms with E-state index in [1.165, 1.54) is 70.9 Å². The first kappa shape index (κ1) is 16.4. The molecule has 1 heterocycles. The Kier molecular flexibility index (Phi) is 8.77. The Morgan fingerprint density at radius 3 is 1.79 bits per heavy atom. The molecule has 1 atom stereocenters. The van der Waals surface area contributed by atoms with Crippen molar-refractivity contribution in [3.05, 3.63) is 12.4 Å². The standard InChI is InChI=1S/C17H34N2/c1-4-6-7-8-9-10-11-12-14-19-16-15-18(13-5-2)17(19)3/h15-17H,4-14H2,1-3H3. The first-order valence-electron chi connectivity index (χ1n) is 8.49. The lowest BCUT2D eigenvalue weighted by Gasteiger charge is -2.29. The van der Waals surface area contributed by atoms with Gasteiger partial charge in [0, 0.05) is 25.5 Å². The number of unbranched alkanes of at least 4 members (excludes halogenated alkanes) is 7. The predicted octanol–water partition coefficient (Wildman–Crippen LogP) is 4.97. The van der Waals surface area contributed by atoms with E-state index < -0.39 is 0 Å². The van der Waals surface area contributed by atoms with E-state index in [2.05, 4.69) is 43.0 Å². The van der Waals surface area contributed by atoms with Crippen molar-refractivity contribution in [3.63, 3.8) is 0 Å². The van der Waals surface area contributed by atoms with Gasteiger partial charge in [0.15, 0.2) is 0 Å². The van der Waals surface area contributed by atoms with Crippen LogP contribution in [0, 0.1) is 0 Å². The summed E-state index contributed by atoms with van der Waals surface area (Å²) >= 11 is 0. The number of hydrogen-bond donors (Lipinski definition) is 0. The van der Waals surface area contributed by atoms with Crippen LogP contribution in [0.2, 0.25) is 0 Å². The number of hydrogen-bond acceptors (Lipinski definition) is 2. The maximum Gasteiger partial charge on any atom is 0.0977 e. The summed E-state index contributed by atoms with van der Waals surface area (Å²) in [6.45, 7) is 9.27. The van der Waals surface area contributed by atoms with E-state index in [-0.39, 0.29) is 0 Å². The predicted molar refractivity (Wildman–Crippen MR) is 84.9 cm³/mol. The molecular formula is C17H34N2. The highest BCUT2D eigenvalue weighted by Crippen LogP contribution is 2.17. The molecule has 0 spiro atoms. The van der Waals surface area contributed by atoms with Crippen LogP contribution in [0.25, 0.3) is 0 Å². The summed E-state index contributed by atoms with van der Waals surface area (Å²) < 4.78 is 0. The molecule has 0 bridgehead atoms. The molecule has 0 aromatic rings. The maximum absolute atomic E-state index is 2.49. The summed E-state index contributed by atoms with van der Waals surface area (Å²) in [5.41, 5.74) is 0. The van der Waals surface area contributed by atoms with Gasteiger partial charge in [0.05, 0.1) is 6.17 Å². The maximum atomic E-state index is 2.49. The second kappa shape index (κ2) is 10.2. The van der Waals surface area contributed by atoms with Gasteiger partial charge in [-0.05, 0) is 19.8 Å². The Bertz CT molecular complexity index is 237. The lowest BCUT2D eigenvalue weighted by atomic mass is 10.1. The van der Waals surface area contributed by atoms with Gasteiger partial charge in [-0.1, -0.05) is 58.8 Å². The Morgan fingerprint density at radius 1 is 0.684 bits per heavy atom. The third-order valence-electron chi connectivity index (χ3n) is 4.16. The van der Waals surface area contributed by atoms with E-state index >= 15 is 0 Å². The Hall–Kier alpha value is -0.660. The molecule has 1 unspecified atom stereocenters. The van der Waals surface area contributed by atoms with Crippen molar-refractivity contribution in [1.29, 1.82) is 0 Å². The molecule has 1 aliphatic heterocycles. The molecule has 0 radical (unpaired) electrons. The molecular weight excluding hydrogens is 232 g/mol. The summed E-state index contributed by atoms with van der Waals surface area (Å²) in [7, 11) is 0. The highest BCUT2D eigenvalue weighted by molar-refractivity contribution is 4.94. The van der Waals surface area contributed by atoms with Gasteiger partial charge in [-0.3, -0.25) is 0 Å². The first-order chi connectivity index (χ1) is 9.29. The van der Waals surface area contributed by atoms with Gasteiger partial charge in [0.1, 0.15) is 0 Å². The third-order valence-corrected chi connectivity index (χ3v) is 4.16. The van der Waals surface area contributed by atoms with E-state index in [1.807, 2.05) is 0 Å². The Balaban J connectivity index is 1.97. The quantitative estimate of drug-likeness (QED) is 0.487. The van der Waals surface area contributed by atoms with Gasteiger partial charge < -0.3 is 9.80 Å². The van der Waals surface area contributed by atoms with Gasteiger partial charge in [-0.2, -0.15) is 0 Å². The van der Waals surface area contributed by atoms with Crippen molar-refractivity contribution < 1.29 is 0 Å². The van der Waals surface area contributed by atoms with Crippen LogP contribution in [0.3, 0.4) is 0 Å². The Morgan fingerprint density at radius 2 is 1.21 bits per heavy atom. The van der Waals surface area contributed by atoms with Gasteiger partial charge in [-0.25, -0.2) is 0 Å². The fraction of sp³-hybridized carbons (Fsp3) is 0.882. The molecule has 2 nitrogen and oxygen atoms in total. The van der Waals surface area contributed by atoms with Crippen molar-refractivity contribution in [1.82, 2.24) is 9.80 Å². The summed E-state index contributed by atoms with van der Waals surface area (Å²) in [4.78, 5) is 4.94. The van der Waals surface area contributed by atoms with Crippen molar-refractivity contribution in [2.24, 2.45) is 0 Å². The molecule has 0 N–H and O–H groups in total. The first-order valence-corrected chi connectivity index (χ1v) is 8.49. The van der Waals surface area contributed by atoms with E-state index in [1.54, 1.807) is 0 Å². The van der Waals surface area contributed by atoms with E-state index in [0.717, 1.165) is 0 Å². The summed E-state index contributed by atoms with van der Waals surface area (Å²) in [6.07, 6.45) is 17.6. The van der Waals surface area contributed by atoms with Crippen LogP contribution in [0.5, 0.6) is 0 Å². The smallest absolute Gasteiger partial charge is 0.0977 e. The Labute approximate surface area is 120 Å². The largest absolute Gasteiger partial charge is 0.356 e. The molecule has 19 heavy (non-hydrogen) atoms. The van der Waals surface area contributed by atoms with Crippen LogP contribution in [0.1, 0.15) is 78.6 Å². The zero-order chi connectivity index (χ0) is 13.9. The van der Waals surface area contributed by atoms with Crippen LogP contribution < -0.4 is 0 Å². The number of nitrogens with zero attached hydrogens (tertiary/aromatic N) is 2. The lowest BCUT2D eigenvalue weighted by molar-refractivity contribution is 0.168. The molecule has 1 aliphatic rings. The monoisotopic (exact) mass is 266 g/mol. The molecule has 0 amide bonds. The lowest BCUT2D eigenvalue weighted by Crippen LogP contribution is -2.36. The SMILES string of the molecule is CCCCCCCCCCN1C=CN(CCC)C1C. The van der Waals surface area contributed by atoms with Crippen molar-refractivity contribution in [2.75, 3.05) is 13.1 Å². The molecule has 0 fully saturated rings. The summed E-state index contributed by atoms with van der Waals surface area (Å²) in [6, 6.07) is 0. The molecule has 112 valence electrons. The molecule has 0 aromatic carbocycles. The molecule has 0 aliphatic carbocycles. The second-order valence-electron chi connectivity index (χ2n) is 5.88. The van der Waals surface area contributed by atoms with Crippen molar-refractivity contribution in [3.8, 4) is 0 Å². The van der Waals surface area contributed by atoms with Crippen LogP contribution in [0.15, 0.2) is 12.4 Å². The van der Waals surface area contributed by atoms with Crippen LogP contribution in [-0.4, -0.2) is 29.1 Å². The average molecular weight is 266 g/mol. The topological polar surface area (TPSA) is 6.48 Å². The molecule has 0 aromatic heterocycles. The average Bonchev–Trinajstić information content (AvgIpc) is 2.75. The minimum absolute atomic E-state index is 0.574. The van der Waals surface area contributed by atoms with Crippen molar-refractivity contribution in [2.45, 2.75) is 84.7 Å². The molecule has 0 saturated heterocycles. The van der Waals surface area contributed by atoms with E-state index in [9.17, 15) is 0 Å². The summed E-state index contributed by atoms with van der Waals surface area (Å²) in [5, 5.41) is 0. The fourth-order valence-corrected chi connectivity index (χ4v) is 2.82. The minimum Gasteiger partial charge on any atom is -0.356 e. The van der Waals surface area contributed by atoms with Crippen LogP contribution in [-0.2, 0) is 0 Å². The van der Waals surface area contributed by atoms with Gasteiger partial charge in [0.2, 0.25) is 0 Å². The van der Waals surface area contributed by atoms with Crippen LogP contribution >= 0.6 is 0 Å². The highest BCUT2D eigenvalue weighted by Gasteiger charge is 2.19. The van der Waals surface area contributed by atoms with Gasteiger partial charge in [0.25, 0.3) is 0 Å². The minimum atomic E-state index is 0.574. The zero-order valence-electron chi connectivity index (χ0n) is 13.4. The van der Waals surface area contributed by atoms with E-state index in [4.69, 9.17) is 0 Å². The second-order valence-corrected chi connectivity index (χ2v) is 5.88. The van der Waals surface area contributed by atoms with Crippen molar-refractivity contribution >= 4 is 0 Å². The fourth-order valence-electron chi connectivity index (χ4n) is 2.82. The van der Waals surface area contributed by atoms with Crippen LogP contribution in [0.4, 0.5) is 0 Å². The van der Waals surface area contributed by atoms with Gasteiger partial charge >= 0.3 is 0 Å². The summed E-state index contributed by atoms with van der Waals surface area (Å²) in [5.74, 6) is 0. The third kappa shape index (κ3) is 6.35.